The van der Waals surface area contributed by atoms with E-state index in [4.69, 9.17) is 47.9 Å². The highest BCUT2D eigenvalue weighted by Gasteiger charge is 2.21. The first-order chi connectivity index (χ1) is 33.7. The van der Waals surface area contributed by atoms with Gasteiger partial charge in [-0.2, -0.15) is 0 Å². The van der Waals surface area contributed by atoms with E-state index in [1.54, 1.807) is 56.9 Å². The molecule has 0 radical (unpaired) electrons. The fourth-order valence-corrected chi connectivity index (χ4v) is 8.94. The molecule has 0 spiro atoms. The number of methoxy groups -OCH3 is 8. The first-order valence-electron chi connectivity index (χ1n) is 22.0. The van der Waals surface area contributed by atoms with Gasteiger partial charge in [0.1, 0.15) is 46.0 Å². The fraction of sp³-hybridized carbons (Fsp3) is 0.143. The molecule has 0 fully saturated rings. The predicted octanol–water partition coefficient (Wildman–Crippen LogP) is 12.4. The topological polar surface area (TPSA) is 147 Å². The van der Waals surface area contributed by atoms with Crippen molar-refractivity contribution in [1.82, 2.24) is 24.9 Å². The molecule has 346 valence electrons. The van der Waals surface area contributed by atoms with Crippen molar-refractivity contribution >= 4 is 57.4 Å². The Kier molecular flexibility index (Phi) is 11.8. The summed E-state index contributed by atoms with van der Waals surface area (Å²) in [5.41, 5.74) is 14.3. The number of H-pyrrole nitrogens is 3. The van der Waals surface area contributed by atoms with Crippen molar-refractivity contribution in [3.8, 4) is 90.5 Å². The van der Waals surface area contributed by atoms with E-state index in [2.05, 4.69) is 51.4 Å². The molecule has 6 heterocycles. The lowest BCUT2D eigenvalue weighted by molar-refractivity contribution is 0.394. The number of ether oxygens (including phenoxy) is 8. The summed E-state index contributed by atoms with van der Waals surface area (Å²) in [6.45, 7) is 0. The van der Waals surface area contributed by atoms with Gasteiger partial charge in [0, 0.05) is 68.6 Å². The van der Waals surface area contributed by atoms with E-state index in [-0.39, 0.29) is 0 Å². The normalized spacial score (nSPS) is 11.7. The summed E-state index contributed by atoms with van der Waals surface area (Å²) in [5.74, 6) is 5.04. The first-order valence-corrected chi connectivity index (χ1v) is 22.0. The largest absolute Gasteiger partial charge is 0.497 e. The van der Waals surface area contributed by atoms with E-state index < -0.39 is 0 Å². The third-order valence-electron chi connectivity index (χ3n) is 12.3. The molecule has 2 aliphatic rings. The van der Waals surface area contributed by atoms with Crippen LogP contribution in [0.15, 0.2) is 109 Å². The molecule has 0 aliphatic carbocycles. The number of rotatable bonds is 12. The summed E-state index contributed by atoms with van der Waals surface area (Å²) in [6, 6.07) is 35.6. The monoisotopic (exact) mass is 919 g/mol. The Labute approximate surface area is 398 Å². The van der Waals surface area contributed by atoms with Crippen LogP contribution in [0, 0.1) is 0 Å². The van der Waals surface area contributed by atoms with Gasteiger partial charge in [-0.1, -0.05) is 0 Å². The van der Waals surface area contributed by atoms with Crippen molar-refractivity contribution in [2.45, 2.75) is 0 Å². The van der Waals surface area contributed by atoms with Crippen molar-refractivity contribution in [3.05, 3.63) is 132 Å². The molecular formula is C56H49N5O8. The average Bonchev–Trinajstić information content (AvgIpc) is 4.27. The molecule has 0 amide bonds. The Balaban J connectivity index is 1.41. The van der Waals surface area contributed by atoms with E-state index in [1.807, 2.05) is 97.1 Å². The molecule has 0 unspecified atom stereocenters. The van der Waals surface area contributed by atoms with Crippen LogP contribution in [0.1, 0.15) is 22.8 Å². The second kappa shape index (κ2) is 18.4. The highest BCUT2D eigenvalue weighted by atomic mass is 16.5. The number of nitrogens with zero attached hydrogens (tertiary/aromatic N) is 2. The number of nitrogens with one attached hydrogen (secondary N) is 3. The number of benzene rings is 4. The molecule has 0 saturated heterocycles. The van der Waals surface area contributed by atoms with Crippen LogP contribution in [-0.4, -0.2) is 81.8 Å². The molecule has 69 heavy (non-hydrogen) atoms. The Hall–Kier alpha value is -8.84. The second-order valence-corrected chi connectivity index (χ2v) is 16.2. The molecule has 13 heteroatoms. The molecular weight excluding hydrogens is 871 g/mol. The third-order valence-corrected chi connectivity index (χ3v) is 12.3. The van der Waals surface area contributed by atoms with Crippen molar-refractivity contribution in [1.29, 1.82) is 0 Å². The van der Waals surface area contributed by atoms with Crippen LogP contribution in [0.5, 0.6) is 46.0 Å². The minimum Gasteiger partial charge on any atom is -0.497 e. The van der Waals surface area contributed by atoms with E-state index in [0.717, 1.165) is 77.6 Å². The van der Waals surface area contributed by atoms with E-state index in [9.17, 15) is 0 Å². The maximum absolute atomic E-state index is 5.82. The molecule has 4 aromatic heterocycles. The van der Waals surface area contributed by atoms with Crippen LogP contribution >= 0.6 is 0 Å². The zero-order chi connectivity index (χ0) is 47.8. The molecule has 3 N–H and O–H groups in total. The van der Waals surface area contributed by atoms with Crippen LogP contribution in [0.4, 0.5) is 0 Å². The van der Waals surface area contributed by atoms with Crippen LogP contribution in [0.3, 0.4) is 0 Å². The Morgan fingerprint density at radius 2 is 0.449 bits per heavy atom. The quantitative estimate of drug-likeness (QED) is 0.108. The Morgan fingerprint density at radius 3 is 0.652 bits per heavy atom. The highest BCUT2D eigenvalue weighted by molar-refractivity contribution is 6.00. The summed E-state index contributed by atoms with van der Waals surface area (Å²) in [7, 11) is 13.1. The fourth-order valence-electron chi connectivity index (χ4n) is 8.94. The molecule has 8 aromatic rings. The van der Waals surface area contributed by atoms with Gasteiger partial charge in [-0.3, -0.25) is 0 Å². The lowest BCUT2D eigenvalue weighted by atomic mass is 10.0. The van der Waals surface area contributed by atoms with Gasteiger partial charge in [-0.05, 0) is 131 Å². The van der Waals surface area contributed by atoms with Gasteiger partial charge in [-0.25, -0.2) is 9.97 Å². The van der Waals surface area contributed by atoms with Crippen molar-refractivity contribution in [2.75, 3.05) is 56.9 Å². The summed E-state index contributed by atoms with van der Waals surface area (Å²) in [5, 5.41) is 0. The summed E-state index contributed by atoms with van der Waals surface area (Å²) in [4.78, 5) is 22.2. The summed E-state index contributed by atoms with van der Waals surface area (Å²) in [6.07, 6.45) is 8.12. The maximum atomic E-state index is 5.82. The maximum Gasteiger partial charge on any atom is 0.123 e. The molecule has 10 bridgehead atoms. The van der Waals surface area contributed by atoms with Gasteiger partial charge >= 0.3 is 0 Å². The van der Waals surface area contributed by atoms with E-state index in [1.165, 1.54) is 0 Å². The molecule has 4 aromatic carbocycles. The van der Waals surface area contributed by atoms with Crippen molar-refractivity contribution < 1.29 is 37.9 Å². The lowest BCUT2D eigenvalue weighted by Gasteiger charge is -2.11. The zero-order valence-electron chi connectivity index (χ0n) is 39.4. The highest BCUT2D eigenvalue weighted by Crippen LogP contribution is 2.42. The molecule has 2 aliphatic heterocycles. The van der Waals surface area contributed by atoms with Crippen molar-refractivity contribution in [2.24, 2.45) is 0 Å². The first kappa shape index (κ1) is 44.0. The zero-order valence-corrected chi connectivity index (χ0v) is 39.4. The van der Waals surface area contributed by atoms with Gasteiger partial charge in [0.2, 0.25) is 0 Å². The summed E-state index contributed by atoms with van der Waals surface area (Å²) >= 11 is 0. The number of fused-ring (bicyclic) bond motifs is 11. The summed E-state index contributed by atoms with van der Waals surface area (Å²) < 4.78 is 46.5. The standard InChI is InChI=1S/C56H49N5O8/c1-62-35-19-31(20-36(27-35)63-2)53-45-11-9-43(57-45)44-10-12-46(58-44)54(32-21-37(64-3)28-38(22-32)65-4)48-14-16-50(60-48)56(34-25-41(68-7)30-42(26-34)69-8)52-18-17-51(61-52)55(49-15-13-47(53)59-49)33-23-39(66-5)29-40(24-33)67-6/h9-30,57-58,61H,1-8H3. The molecule has 0 saturated carbocycles. The average molecular weight is 920 g/mol. The van der Waals surface area contributed by atoms with Crippen LogP contribution < -0.4 is 37.9 Å². The predicted molar refractivity (Wildman–Crippen MR) is 274 cm³/mol. The van der Waals surface area contributed by atoms with Gasteiger partial charge < -0.3 is 52.8 Å². The van der Waals surface area contributed by atoms with Crippen LogP contribution in [-0.2, 0) is 0 Å². The number of aromatic amines is 3. The van der Waals surface area contributed by atoms with Gasteiger partial charge in [0.15, 0.2) is 0 Å². The van der Waals surface area contributed by atoms with E-state index >= 15 is 0 Å². The third kappa shape index (κ3) is 8.35. The smallest absolute Gasteiger partial charge is 0.123 e. The Morgan fingerprint density at radius 1 is 0.261 bits per heavy atom. The molecule has 0 atom stereocenters. The SMILES string of the molecule is COc1cc(OC)cc(-c2c3nc(c(-c4cc(OC)cc(OC)c4)c4ccc([nH]4)c4ccc([nH]4)c(-c4cc(OC)cc(OC)c4)c4nc(c(-c5cc(OC)cc(OC)c5)c5ccc2[nH]5)C=C4)C=C3)c1. The van der Waals surface area contributed by atoms with Gasteiger partial charge in [-0.15, -0.1) is 0 Å². The molecule has 13 nitrogen and oxygen atoms in total. The van der Waals surface area contributed by atoms with Gasteiger partial charge in [0.25, 0.3) is 0 Å². The van der Waals surface area contributed by atoms with Crippen LogP contribution in [0.25, 0.3) is 102 Å². The Bertz CT molecular complexity index is 3260. The van der Waals surface area contributed by atoms with Gasteiger partial charge in [0.05, 0.1) is 90.7 Å². The second-order valence-electron chi connectivity index (χ2n) is 16.2. The minimum atomic E-state index is 0.623. The van der Waals surface area contributed by atoms with E-state index in [0.29, 0.717) is 68.8 Å². The molecule has 10 rings (SSSR count). The number of aromatic nitrogens is 5. The minimum absolute atomic E-state index is 0.623. The number of hydrogen-bond donors (Lipinski definition) is 3. The van der Waals surface area contributed by atoms with Crippen molar-refractivity contribution in [3.63, 3.8) is 0 Å². The lowest BCUT2D eigenvalue weighted by Crippen LogP contribution is -1.93. The number of hydrogen-bond acceptors (Lipinski definition) is 10. The van der Waals surface area contributed by atoms with Crippen LogP contribution in [0.2, 0.25) is 0 Å².